The minimum atomic E-state index is -3.55. The van der Waals surface area contributed by atoms with Crippen LogP contribution < -0.4 is 10.0 Å². The van der Waals surface area contributed by atoms with E-state index in [0.717, 1.165) is 0 Å². The molecule has 2 N–H and O–H groups in total. The van der Waals surface area contributed by atoms with Crippen LogP contribution in [-0.2, 0) is 10.0 Å². The third-order valence-electron chi connectivity index (χ3n) is 4.52. The summed E-state index contributed by atoms with van der Waals surface area (Å²) in [5, 5.41) is 3.45. The SMILES string of the molecule is CN(C)C(=O)c1ccc(S(=O)(=O)NCCNC2CCCCCC2)cc1.Cl. The third-order valence-corrected chi connectivity index (χ3v) is 6.00. The van der Waals surface area contributed by atoms with Crippen molar-refractivity contribution in [3.63, 3.8) is 0 Å². The lowest BCUT2D eigenvalue weighted by atomic mass is 10.1. The molecule has 148 valence electrons. The van der Waals surface area contributed by atoms with Gasteiger partial charge in [-0.25, -0.2) is 13.1 Å². The van der Waals surface area contributed by atoms with E-state index in [2.05, 4.69) is 10.0 Å². The Morgan fingerprint density at radius 1 is 1.04 bits per heavy atom. The normalized spacial score (nSPS) is 15.8. The fourth-order valence-corrected chi connectivity index (χ4v) is 4.10. The molecule has 6 nitrogen and oxygen atoms in total. The Morgan fingerprint density at radius 3 is 2.15 bits per heavy atom. The van der Waals surface area contributed by atoms with E-state index in [1.54, 1.807) is 26.2 Å². The number of carbonyl (C=O) groups is 1. The lowest BCUT2D eigenvalue weighted by Crippen LogP contribution is -2.36. The van der Waals surface area contributed by atoms with Gasteiger partial charge in [0.2, 0.25) is 10.0 Å². The first-order chi connectivity index (χ1) is 11.9. The van der Waals surface area contributed by atoms with Gasteiger partial charge in [-0.15, -0.1) is 12.4 Å². The first-order valence-electron chi connectivity index (χ1n) is 8.95. The zero-order valence-electron chi connectivity index (χ0n) is 15.5. The summed E-state index contributed by atoms with van der Waals surface area (Å²) in [7, 11) is -0.223. The van der Waals surface area contributed by atoms with Crippen molar-refractivity contribution in [1.29, 1.82) is 0 Å². The Morgan fingerprint density at radius 2 is 1.62 bits per heavy atom. The molecule has 1 aromatic rings. The quantitative estimate of drug-likeness (QED) is 0.541. The van der Waals surface area contributed by atoms with Gasteiger partial charge in [0.05, 0.1) is 4.90 Å². The van der Waals surface area contributed by atoms with Gasteiger partial charge < -0.3 is 10.2 Å². The highest BCUT2D eigenvalue weighted by molar-refractivity contribution is 7.89. The van der Waals surface area contributed by atoms with Gasteiger partial charge in [0.1, 0.15) is 0 Å². The van der Waals surface area contributed by atoms with Gasteiger partial charge >= 0.3 is 0 Å². The van der Waals surface area contributed by atoms with Crippen LogP contribution in [0.15, 0.2) is 29.2 Å². The Balaban J connectivity index is 0.00000338. The van der Waals surface area contributed by atoms with E-state index in [4.69, 9.17) is 0 Å². The van der Waals surface area contributed by atoms with Crippen molar-refractivity contribution in [2.75, 3.05) is 27.2 Å². The van der Waals surface area contributed by atoms with Crippen LogP contribution >= 0.6 is 12.4 Å². The molecule has 1 aromatic carbocycles. The van der Waals surface area contributed by atoms with E-state index < -0.39 is 10.0 Å². The Bertz CT molecular complexity index is 655. The van der Waals surface area contributed by atoms with Crippen molar-refractivity contribution < 1.29 is 13.2 Å². The summed E-state index contributed by atoms with van der Waals surface area (Å²) < 4.78 is 27.3. The molecule has 1 saturated carbocycles. The zero-order valence-corrected chi connectivity index (χ0v) is 17.2. The maximum Gasteiger partial charge on any atom is 0.253 e. The van der Waals surface area contributed by atoms with Crippen LogP contribution in [0.4, 0.5) is 0 Å². The van der Waals surface area contributed by atoms with Crippen molar-refractivity contribution in [3.8, 4) is 0 Å². The van der Waals surface area contributed by atoms with Gasteiger partial charge in [0.25, 0.3) is 5.91 Å². The summed E-state index contributed by atoms with van der Waals surface area (Å²) in [6, 6.07) is 6.53. The molecule has 0 saturated heterocycles. The van der Waals surface area contributed by atoms with Gasteiger partial charge in [-0.05, 0) is 37.1 Å². The molecule has 0 atom stereocenters. The monoisotopic (exact) mass is 403 g/mol. The molecule has 0 spiro atoms. The van der Waals surface area contributed by atoms with Crippen LogP contribution in [0.5, 0.6) is 0 Å². The number of amides is 1. The van der Waals surface area contributed by atoms with E-state index in [1.165, 1.54) is 55.6 Å². The fourth-order valence-electron chi connectivity index (χ4n) is 3.06. The number of rotatable bonds is 7. The smallest absolute Gasteiger partial charge is 0.253 e. The Kier molecular flexibility index (Phi) is 9.57. The average Bonchev–Trinajstić information content (AvgIpc) is 2.87. The molecule has 8 heteroatoms. The number of nitrogens with one attached hydrogen (secondary N) is 2. The summed E-state index contributed by atoms with van der Waals surface area (Å²) in [6.45, 7) is 0.984. The van der Waals surface area contributed by atoms with Gasteiger partial charge in [0, 0.05) is 38.8 Å². The Labute approximate surface area is 163 Å². The molecular formula is C18H30ClN3O3S. The summed E-state index contributed by atoms with van der Waals surface area (Å²) in [4.78, 5) is 13.5. The van der Waals surface area contributed by atoms with Crippen LogP contribution in [0.2, 0.25) is 0 Å². The van der Waals surface area contributed by atoms with Gasteiger partial charge in [-0.2, -0.15) is 0 Å². The second-order valence-corrected chi connectivity index (χ2v) is 8.53. The molecule has 1 aliphatic carbocycles. The van der Waals surface area contributed by atoms with Gasteiger partial charge in [0.15, 0.2) is 0 Å². The molecule has 0 heterocycles. The molecule has 0 radical (unpaired) electrons. The second-order valence-electron chi connectivity index (χ2n) is 6.76. The Hall–Kier alpha value is -1.15. The molecule has 0 aromatic heterocycles. The topological polar surface area (TPSA) is 78.5 Å². The van der Waals surface area contributed by atoms with E-state index >= 15 is 0 Å². The van der Waals surface area contributed by atoms with Crippen molar-refractivity contribution in [3.05, 3.63) is 29.8 Å². The first kappa shape index (κ1) is 22.9. The maximum absolute atomic E-state index is 12.3. The third kappa shape index (κ3) is 6.87. The number of halogens is 1. The highest BCUT2D eigenvalue weighted by Gasteiger charge is 2.16. The number of hydrogen-bond acceptors (Lipinski definition) is 4. The molecule has 26 heavy (non-hydrogen) atoms. The van der Waals surface area contributed by atoms with Crippen LogP contribution in [-0.4, -0.2) is 52.5 Å². The minimum Gasteiger partial charge on any atom is -0.345 e. The highest BCUT2D eigenvalue weighted by atomic mass is 35.5. The number of nitrogens with zero attached hydrogens (tertiary/aromatic N) is 1. The maximum atomic E-state index is 12.3. The lowest BCUT2D eigenvalue weighted by molar-refractivity contribution is 0.0827. The van der Waals surface area contributed by atoms with Crippen LogP contribution in [0.25, 0.3) is 0 Å². The lowest BCUT2D eigenvalue weighted by Gasteiger charge is -2.16. The number of benzene rings is 1. The van der Waals surface area contributed by atoms with Crippen LogP contribution in [0.1, 0.15) is 48.9 Å². The van der Waals surface area contributed by atoms with E-state index in [-0.39, 0.29) is 23.2 Å². The molecule has 1 aliphatic rings. The molecule has 2 rings (SSSR count). The van der Waals surface area contributed by atoms with Crippen LogP contribution in [0, 0.1) is 0 Å². The van der Waals surface area contributed by atoms with E-state index in [9.17, 15) is 13.2 Å². The fraction of sp³-hybridized carbons (Fsp3) is 0.611. The van der Waals surface area contributed by atoms with Crippen molar-refractivity contribution in [2.45, 2.75) is 49.5 Å². The molecular weight excluding hydrogens is 374 g/mol. The number of hydrogen-bond donors (Lipinski definition) is 2. The summed E-state index contributed by atoms with van der Waals surface area (Å²) in [6.07, 6.45) is 7.46. The van der Waals surface area contributed by atoms with E-state index in [1.807, 2.05) is 0 Å². The highest BCUT2D eigenvalue weighted by Crippen LogP contribution is 2.17. The van der Waals surface area contributed by atoms with Gasteiger partial charge in [-0.1, -0.05) is 25.7 Å². The summed E-state index contributed by atoms with van der Waals surface area (Å²) in [5.74, 6) is -0.149. The second kappa shape index (κ2) is 10.9. The minimum absolute atomic E-state index is 0. The van der Waals surface area contributed by atoms with Gasteiger partial charge in [-0.3, -0.25) is 4.79 Å². The predicted octanol–water partition coefficient (Wildman–Crippen LogP) is 2.40. The van der Waals surface area contributed by atoms with Crippen LogP contribution in [0.3, 0.4) is 0 Å². The molecule has 1 amide bonds. The number of carbonyl (C=O) groups excluding carboxylic acids is 1. The zero-order chi connectivity index (χ0) is 18.3. The molecule has 1 fully saturated rings. The standard InChI is InChI=1S/C18H29N3O3S.ClH/c1-21(2)18(22)15-9-11-17(12-10-15)25(23,24)20-14-13-19-16-7-5-3-4-6-8-16;/h9-12,16,19-20H,3-8,13-14H2,1-2H3;1H. The average molecular weight is 404 g/mol. The summed E-state index contributed by atoms with van der Waals surface area (Å²) in [5.41, 5.74) is 0.471. The van der Waals surface area contributed by atoms with Crippen molar-refractivity contribution in [1.82, 2.24) is 14.9 Å². The molecule has 0 bridgehead atoms. The number of sulfonamides is 1. The molecule has 0 unspecified atom stereocenters. The predicted molar refractivity (Wildman–Crippen MR) is 106 cm³/mol. The summed E-state index contributed by atoms with van der Waals surface area (Å²) >= 11 is 0. The van der Waals surface area contributed by atoms with Crippen molar-refractivity contribution in [2.24, 2.45) is 0 Å². The van der Waals surface area contributed by atoms with Crippen molar-refractivity contribution >= 4 is 28.3 Å². The van der Waals surface area contributed by atoms with E-state index in [0.29, 0.717) is 24.7 Å². The largest absolute Gasteiger partial charge is 0.345 e. The first-order valence-corrected chi connectivity index (χ1v) is 10.4. The molecule has 0 aliphatic heterocycles.